The van der Waals surface area contributed by atoms with E-state index in [1.807, 2.05) is 24.3 Å². The average Bonchev–Trinajstić information content (AvgIpc) is 3.09. The van der Waals surface area contributed by atoms with Crippen LogP contribution in [0.25, 0.3) is 0 Å². The first-order valence-electron chi connectivity index (χ1n) is 7.85. The standard InChI is InChI=1S/C18H15FN4O2/c19-14-6-4-12(5-7-14)10-25-15-3-1-2-13(8-15)16-9-17(24)22-18-20-11-21-23(16)18/h1-8,11,16H,9-10H2,(H,20,21,22,24)/t16-/m1/s1. The van der Waals surface area contributed by atoms with E-state index in [0.29, 0.717) is 18.3 Å². The van der Waals surface area contributed by atoms with Gasteiger partial charge in [-0.25, -0.2) is 9.07 Å². The van der Waals surface area contributed by atoms with E-state index < -0.39 is 0 Å². The Labute approximate surface area is 143 Å². The van der Waals surface area contributed by atoms with Gasteiger partial charge in [0, 0.05) is 0 Å². The Morgan fingerprint density at radius 1 is 1.24 bits per heavy atom. The average molecular weight is 338 g/mol. The second-order valence-electron chi connectivity index (χ2n) is 5.78. The minimum atomic E-state index is -0.273. The first-order chi connectivity index (χ1) is 12.2. The lowest BCUT2D eigenvalue weighted by Crippen LogP contribution is -2.29. The highest BCUT2D eigenvalue weighted by atomic mass is 19.1. The number of benzene rings is 2. The van der Waals surface area contributed by atoms with Crippen LogP contribution in [0.3, 0.4) is 0 Å². The van der Waals surface area contributed by atoms with E-state index >= 15 is 0 Å². The minimum Gasteiger partial charge on any atom is -0.489 e. The molecule has 1 aliphatic rings. The van der Waals surface area contributed by atoms with Crippen molar-refractivity contribution in [1.29, 1.82) is 0 Å². The van der Waals surface area contributed by atoms with Crippen molar-refractivity contribution in [2.75, 3.05) is 5.32 Å². The summed E-state index contributed by atoms with van der Waals surface area (Å²) in [5, 5.41) is 6.89. The zero-order chi connectivity index (χ0) is 17.2. The highest BCUT2D eigenvalue weighted by molar-refractivity contribution is 5.91. The Morgan fingerprint density at radius 3 is 2.92 bits per heavy atom. The molecule has 0 fully saturated rings. The van der Waals surface area contributed by atoms with Crippen molar-refractivity contribution in [2.45, 2.75) is 19.1 Å². The first kappa shape index (κ1) is 15.3. The summed E-state index contributed by atoms with van der Waals surface area (Å²) in [5.41, 5.74) is 1.79. The molecule has 1 atom stereocenters. The Bertz CT molecular complexity index is 907. The van der Waals surface area contributed by atoms with Crippen LogP contribution in [-0.4, -0.2) is 20.7 Å². The van der Waals surface area contributed by atoms with Gasteiger partial charge in [-0.15, -0.1) is 0 Å². The van der Waals surface area contributed by atoms with Gasteiger partial charge in [-0.1, -0.05) is 24.3 Å². The molecule has 1 N–H and O–H groups in total. The molecule has 1 aromatic heterocycles. The lowest BCUT2D eigenvalue weighted by Gasteiger charge is -2.24. The monoisotopic (exact) mass is 338 g/mol. The number of anilines is 1. The fraction of sp³-hybridized carbons (Fsp3) is 0.167. The lowest BCUT2D eigenvalue weighted by atomic mass is 10.0. The van der Waals surface area contributed by atoms with Crippen LogP contribution < -0.4 is 10.1 Å². The molecule has 0 bridgehead atoms. The lowest BCUT2D eigenvalue weighted by molar-refractivity contribution is -0.117. The van der Waals surface area contributed by atoms with Crippen LogP contribution in [-0.2, 0) is 11.4 Å². The predicted octanol–water partition coefficient (Wildman–Crippen LogP) is 2.93. The van der Waals surface area contributed by atoms with E-state index in [2.05, 4.69) is 15.4 Å². The number of nitrogens with one attached hydrogen (secondary N) is 1. The van der Waals surface area contributed by atoms with Gasteiger partial charge in [-0.05, 0) is 35.4 Å². The molecule has 126 valence electrons. The number of nitrogens with zero attached hydrogens (tertiary/aromatic N) is 3. The smallest absolute Gasteiger partial charge is 0.229 e. The maximum Gasteiger partial charge on any atom is 0.229 e. The van der Waals surface area contributed by atoms with Gasteiger partial charge < -0.3 is 4.74 Å². The molecule has 1 aliphatic heterocycles. The van der Waals surface area contributed by atoms with Gasteiger partial charge in [0.1, 0.15) is 24.5 Å². The minimum absolute atomic E-state index is 0.0943. The summed E-state index contributed by atoms with van der Waals surface area (Å²) in [4.78, 5) is 15.9. The maximum absolute atomic E-state index is 12.9. The molecule has 7 heteroatoms. The largest absolute Gasteiger partial charge is 0.489 e. The Morgan fingerprint density at radius 2 is 2.08 bits per heavy atom. The Hall–Kier alpha value is -3.22. The van der Waals surface area contributed by atoms with Crippen LogP contribution in [0.5, 0.6) is 5.75 Å². The molecule has 2 aromatic carbocycles. The molecular formula is C18H15FN4O2. The van der Waals surface area contributed by atoms with E-state index in [1.54, 1.807) is 16.8 Å². The van der Waals surface area contributed by atoms with Gasteiger partial charge in [0.25, 0.3) is 0 Å². The highest BCUT2D eigenvalue weighted by Crippen LogP contribution is 2.30. The second-order valence-corrected chi connectivity index (χ2v) is 5.78. The summed E-state index contributed by atoms with van der Waals surface area (Å²) >= 11 is 0. The molecule has 0 saturated heterocycles. The van der Waals surface area contributed by atoms with Crippen molar-refractivity contribution in [3.63, 3.8) is 0 Å². The normalized spacial score (nSPS) is 16.2. The number of carbonyl (C=O) groups is 1. The van der Waals surface area contributed by atoms with Gasteiger partial charge in [0.05, 0.1) is 12.5 Å². The molecule has 0 spiro atoms. The summed E-state index contributed by atoms with van der Waals surface area (Å²) in [6.07, 6.45) is 1.71. The van der Waals surface area contributed by atoms with Crippen molar-refractivity contribution >= 4 is 11.9 Å². The van der Waals surface area contributed by atoms with Crippen molar-refractivity contribution in [3.05, 3.63) is 71.8 Å². The zero-order valence-electron chi connectivity index (χ0n) is 13.2. The summed E-state index contributed by atoms with van der Waals surface area (Å²) in [5.74, 6) is 0.751. The molecular weight excluding hydrogens is 323 g/mol. The molecule has 0 unspecified atom stereocenters. The summed E-state index contributed by atoms with van der Waals surface area (Å²) in [6.45, 7) is 0.337. The number of amides is 1. The van der Waals surface area contributed by atoms with Crippen LogP contribution in [0.15, 0.2) is 54.9 Å². The Kier molecular flexibility index (Phi) is 3.89. The fourth-order valence-corrected chi connectivity index (χ4v) is 2.82. The topological polar surface area (TPSA) is 69.0 Å². The van der Waals surface area contributed by atoms with E-state index in [0.717, 1.165) is 11.1 Å². The third-order valence-electron chi connectivity index (χ3n) is 4.06. The summed E-state index contributed by atoms with van der Waals surface area (Å²) in [7, 11) is 0. The van der Waals surface area contributed by atoms with Crippen LogP contribution >= 0.6 is 0 Å². The second kappa shape index (κ2) is 6.35. The van der Waals surface area contributed by atoms with Crippen molar-refractivity contribution in [1.82, 2.24) is 14.8 Å². The van der Waals surface area contributed by atoms with E-state index in [1.165, 1.54) is 18.5 Å². The van der Waals surface area contributed by atoms with Gasteiger partial charge in [-0.3, -0.25) is 10.1 Å². The first-order valence-corrected chi connectivity index (χ1v) is 7.85. The van der Waals surface area contributed by atoms with Crippen molar-refractivity contribution in [3.8, 4) is 5.75 Å². The number of ether oxygens (including phenoxy) is 1. The molecule has 6 nitrogen and oxygen atoms in total. The number of fused-ring (bicyclic) bond motifs is 1. The predicted molar refractivity (Wildman–Crippen MR) is 88.6 cm³/mol. The quantitative estimate of drug-likeness (QED) is 0.794. The van der Waals surface area contributed by atoms with Gasteiger partial charge in [0.15, 0.2) is 0 Å². The van der Waals surface area contributed by atoms with E-state index in [9.17, 15) is 9.18 Å². The molecule has 4 rings (SSSR count). The fourth-order valence-electron chi connectivity index (χ4n) is 2.82. The highest BCUT2D eigenvalue weighted by Gasteiger charge is 2.27. The van der Waals surface area contributed by atoms with Crippen LogP contribution in [0.4, 0.5) is 10.3 Å². The van der Waals surface area contributed by atoms with Crippen LogP contribution in [0, 0.1) is 5.82 Å². The van der Waals surface area contributed by atoms with E-state index in [4.69, 9.17) is 4.74 Å². The SMILES string of the molecule is O=C1C[C@H](c2cccc(OCc3ccc(F)cc3)c2)n2ncnc2N1. The van der Waals surface area contributed by atoms with Crippen molar-refractivity contribution < 1.29 is 13.9 Å². The molecule has 3 aromatic rings. The van der Waals surface area contributed by atoms with Crippen LogP contribution in [0.1, 0.15) is 23.6 Å². The summed E-state index contributed by atoms with van der Waals surface area (Å²) < 4.78 is 20.4. The van der Waals surface area contributed by atoms with Crippen molar-refractivity contribution in [2.24, 2.45) is 0 Å². The number of carbonyl (C=O) groups excluding carboxylic acids is 1. The molecule has 25 heavy (non-hydrogen) atoms. The third-order valence-corrected chi connectivity index (χ3v) is 4.06. The zero-order valence-corrected chi connectivity index (χ0v) is 13.2. The van der Waals surface area contributed by atoms with Crippen LogP contribution in [0.2, 0.25) is 0 Å². The number of aromatic nitrogens is 3. The number of rotatable bonds is 4. The van der Waals surface area contributed by atoms with E-state index in [-0.39, 0.29) is 24.2 Å². The third kappa shape index (κ3) is 3.21. The molecule has 0 aliphatic carbocycles. The van der Waals surface area contributed by atoms with Gasteiger partial charge >= 0.3 is 0 Å². The van der Waals surface area contributed by atoms with Gasteiger partial charge in [-0.2, -0.15) is 10.1 Å². The Balaban J connectivity index is 1.54. The molecule has 1 amide bonds. The number of hydrogen-bond donors (Lipinski definition) is 1. The number of hydrogen-bond acceptors (Lipinski definition) is 4. The molecule has 0 saturated carbocycles. The number of halogens is 1. The molecule has 2 heterocycles. The maximum atomic E-state index is 12.9. The summed E-state index contributed by atoms with van der Waals surface area (Å²) in [6, 6.07) is 13.5. The van der Waals surface area contributed by atoms with Gasteiger partial charge in [0.2, 0.25) is 11.9 Å². The molecule has 0 radical (unpaired) electrons.